The van der Waals surface area contributed by atoms with E-state index in [-0.39, 0.29) is 12.0 Å². The van der Waals surface area contributed by atoms with E-state index in [1.165, 1.54) is 0 Å². The highest BCUT2D eigenvalue weighted by Gasteiger charge is 2.38. The second-order valence-electron chi connectivity index (χ2n) is 6.08. The van der Waals surface area contributed by atoms with E-state index in [9.17, 15) is 9.59 Å². The van der Waals surface area contributed by atoms with Gasteiger partial charge in [-0.05, 0) is 46.2 Å². The first-order chi connectivity index (χ1) is 9.26. The number of piperidine rings is 1. The maximum Gasteiger partial charge on any atom is 0.308 e. The molecule has 6 heteroatoms. The molecule has 6 nitrogen and oxygen atoms in total. The van der Waals surface area contributed by atoms with Crippen LogP contribution in [0.25, 0.3) is 0 Å². The maximum atomic E-state index is 11.2. The molecule has 1 fully saturated rings. The van der Waals surface area contributed by atoms with Crippen LogP contribution in [-0.4, -0.2) is 46.7 Å². The van der Waals surface area contributed by atoms with Gasteiger partial charge in [0.15, 0.2) is 0 Å². The minimum atomic E-state index is -1.04. The highest BCUT2D eigenvalue weighted by atomic mass is 16.4. The molecule has 112 valence electrons. The molecule has 0 amide bonds. The fraction of sp³-hybridized carbons (Fsp3) is 0.786. The second-order valence-corrected chi connectivity index (χ2v) is 6.08. The van der Waals surface area contributed by atoms with Crippen molar-refractivity contribution in [2.45, 2.75) is 33.1 Å². The van der Waals surface area contributed by atoms with E-state index in [0.717, 1.165) is 12.8 Å². The molecular weight excluding hydrogens is 260 g/mol. The van der Waals surface area contributed by atoms with Crippen LogP contribution in [0, 0.1) is 28.6 Å². The number of rotatable bonds is 6. The molecule has 0 saturated carbocycles. The van der Waals surface area contributed by atoms with Crippen molar-refractivity contribution in [3.8, 4) is 6.07 Å². The van der Waals surface area contributed by atoms with E-state index in [0.29, 0.717) is 19.5 Å². The lowest BCUT2D eigenvalue weighted by Crippen LogP contribution is -2.46. The largest absolute Gasteiger partial charge is 0.481 e. The molecule has 0 aromatic rings. The van der Waals surface area contributed by atoms with Crippen LogP contribution in [0.4, 0.5) is 0 Å². The normalized spacial score (nSPS) is 24.1. The van der Waals surface area contributed by atoms with Gasteiger partial charge in [0.2, 0.25) is 0 Å². The van der Waals surface area contributed by atoms with Crippen molar-refractivity contribution >= 4 is 11.9 Å². The predicted molar refractivity (Wildman–Crippen MR) is 71.9 cm³/mol. The SMILES string of the molecule is CC(C)(C#N)CCCN1CCC(C(=O)O)C(C(=O)O)C1. The zero-order valence-corrected chi connectivity index (χ0v) is 12.0. The van der Waals surface area contributed by atoms with E-state index in [4.69, 9.17) is 15.5 Å². The first-order valence-electron chi connectivity index (χ1n) is 6.86. The molecule has 0 radical (unpaired) electrons. The summed E-state index contributed by atoms with van der Waals surface area (Å²) in [6.45, 7) is 5.35. The summed E-state index contributed by atoms with van der Waals surface area (Å²) in [6, 6.07) is 2.24. The Kier molecular flexibility index (Phi) is 5.52. The number of carboxylic acids is 2. The molecule has 2 unspecified atom stereocenters. The minimum absolute atomic E-state index is 0.277. The zero-order chi connectivity index (χ0) is 15.3. The third kappa shape index (κ3) is 4.49. The summed E-state index contributed by atoms with van der Waals surface area (Å²) in [5, 5.41) is 27.1. The number of nitriles is 1. The number of nitrogens with zero attached hydrogens (tertiary/aromatic N) is 2. The molecule has 1 saturated heterocycles. The average Bonchev–Trinajstić information content (AvgIpc) is 2.38. The fourth-order valence-electron chi connectivity index (χ4n) is 2.57. The Labute approximate surface area is 119 Å². The highest BCUT2D eigenvalue weighted by molar-refractivity contribution is 5.80. The monoisotopic (exact) mass is 282 g/mol. The average molecular weight is 282 g/mol. The quantitative estimate of drug-likeness (QED) is 0.764. The summed E-state index contributed by atoms with van der Waals surface area (Å²) in [6.07, 6.45) is 1.93. The Balaban J connectivity index is 2.49. The lowest BCUT2D eigenvalue weighted by atomic mass is 9.85. The van der Waals surface area contributed by atoms with Crippen LogP contribution in [0.2, 0.25) is 0 Å². The van der Waals surface area contributed by atoms with E-state index < -0.39 is 23.8 Å². The molecule has 0 aromatic carbocycles. The van der Waals surface area contributed by atoms with Crippen molar-refractivity contribution in [3.05, 3.63) is 0 Å². The Hall–Kier alpha value is -1.61. The lowest BCUT2D eigenvalue weighted by molar-refractivity contribution is -0.157. The summed E-state index contributed by atoms with van der Waals surface area (Å²) < 4.78 is 0. The molecule has 2 atom stereocenters. The molecule has 0 bridgehead atoms. The Bertz CT molecular complexity index is 414. The molecular formula is C14H22N2O4. The first-order valence-corrected chi connectivity index (χ1v) is 6.86. The summed E-state index contributed by atoms with van der Waals surface area (Å²) in [5.41, 5.74) is -0.369. The third-order valence-corrected chi connectivity index (χ3v) is 3.91. The van der Waals surface area contributed by atoms with Gasteiger partial charge in [-0.2, -0.15) is 5.26 Å². The van der Waals surface area contributed by atoms with E-state index in [2.05, 4.69) is 6.07 Å². The van der Waals surface area contributed by atoms with Crippen molar-refractivity contribution in [1.82, 2.24) is 4.90 Å². The molecule has 1 aliphatic rings. The number of aliphatic carboxylic acids is 2. The Morgan fingerprint density at radius 3 is 2.40 bits per heavy atom. The molecule has 0 spiro atoms. The van der Waals surface area contributed by atoms with E-state index in [1.54, 1.807) is 0 Å². The highest BCUT2D eigenvalue weighted by Crippen LogP contribution is 2.26. The standard InChI is InChI=1S/C14H22N2O4/c1-14(2,9-15)5-3-6-16-7-4-10(12(17)18)11(8-16)13(19)20/h10-11H,3-8H2,1-2H3,(H,17,18)(H,19,20). The van der Waals surface area contributed by atoms with Crippen LogP contribution in [0.5, 0.6) is 0 Å². The van der Waals surface area contributed by atoms with Crippen molar-refractivity contribution < 1.29 is 19.8 Å². The lowest BCUT2D eigenvalue weighted by Gasteiger charge is -2.34. The van der Waals surface area contributed by atoms with Gasteiger partial charge in [0, 0.05) is 6.54 Å². The van der Waals surface area contributed by atoms with Gasteiger partial charge in [-0.3, -0.25) is 9.59 Å². The van der Waals surface area contributed by atoms with E-state index >= 15 is 0 Å². The molecule has 0 aliphatic carbocycles. The predicted octanol–water partition coefficient (Wildman–Crippen LogP) is 1.42. The summed E-state index contributed by atoms with van der Waals surface area (Å²) >= 11 is 0. The Morgan fingerprint density at radius 1 is 1.30 bits per heavy atom. The first kappa shape index (κ1) is 16.4. The molecule has 1 rings (SSSR count). The Morgan fingerprint density at radius 2 is 1.90 bits per heavy atom. The van der Waals surface area contributed by atoms with Gasteiger partial charge >= 0.3 is 11.9 Å². The topological polar surface area (TPSA) is 102 Å². The number of carbonyl (C=O) groups is 2. The van der Waals surface area contributed by atoms with Gasteiger partial charge in [0.1, 0.15) is 0 Å². The number of hydrogen-bond acceptors (Lipinski definition) is 4. The minimum Gasteiger partial charge on any atom is -0.481 e. The third-order valence-electron chi connectivity index (χ3n) is 3.91. The van der Waals surface area contributed by atoms with Crippen LogP contribution in [0.1, 0.15) is 33.1 Å². The second kappa shape index (κ2) is 6.71. The van der Waals surface area contributed by atoms with Gasteiger partial charge < -0.3 is 15.1 Å². The van der Waals surface area contributed by atoms with Crippen LogP contribution >= 0.6 is 0 Å². The van der Waals surface area contributed by atoms with Crippen molar-refractivity contribution in [2.24, 2.45) is 17.3 Å². The van der Waals surface area contributed by atoms with E-state index in [1.807, 2.05) is 18.7 Å². The van der Waals surface area contributed by atoms with Crippen molar-refractivity contribution in [2.75, 3.05) is 19.6 Å². The number of carboxylic acid groups (broad SMARTS) is 2. The molecule has 0 aromatic heterocycles. The van der Waals surface area contributed by atoms with Gasteiger partial charge in [-0.15, -0.1) is 0 Å². The number of hydrogen-bond donors (Lipinski definition) is 2. The molecule has 2 N–H and O–H groups in total. The van der Waals surface area contributed by atoms with Crippen LogP contribution in [-0.2, 0) is 9.59 Å². The smallest absolute Gasteiger partial charge is 0.308 e. The van der Waals surface area contributed by atoms with Crippen molar-refractivity contribution in [3.63, 3.8) is 0 Å². The summed E-state index contributed by atoms with van der Waals surface area (Å²) in [4.78, 5) is 24.2. The van der Waals surface area contributed by atoms with Gasteiger partial charge in [0.25, 0.3) is 0 Å². The fourth-order valence-corrected chi connectivity index (χ4v) is 2.57. The molecule has 20 heavy (non-hydrogen) atoms. The summed E-state index contributed by atoms with van der Waals surface area (Å²) in [5.74, 6) is -3.70. The van der Waals surface area contributed by atoms with Crippen LogP contribution in [0.15, 0.2) is 0 Å². The van der Waals surface area contributed by atoms with Crippen molar-refractivity contribution in [1.29, 1.82) is 5.26 Å². The van der Waals surface area contributed by atoms with Gasteiger partial charge in [-0.25, -0.2) is 0 Å². The van der Waals surface area contributed by atoms with Gasteiger partial charge in [0.05, 0.1) is 23.3 Å². The molecule has 1 heterocycles. The molecule has 1 aliphatic heterocycles. The zero-order valence-electron chi connectivity index (χ0n) is 12.0. The maximum absolute atomic E-state index is 11.2. The van der Waals surface area contributed by atoms with Gasteiger partial charge in [-0.1, -0.05) is 0 Å². The number of likely N-dealkylation sites (tertiary alicyclic amines) is 1. The summed E-state index contributed by atoms with van der Waals surface area (Å²) in [7, 11) is 0. The van der Waals surface area contributed by atoms with Crippen LogP contribution in [0.3, 0.4) is 0 Å². The van der Waals surface area contributed by atoms with Crippen LogP contribution < -0.4 is 0 Å².